The van der Waals surface area contributed by atoms with Crippen molar-refractivity contribution < 1.29 is 17.9 Å². The zero-order valence-electron chi connectivity index (χ0n) is 16.1. The third-order valence-electron chi connectivity index (χ3n) is 4.11. The van der Waals surface area contributed by atoms with E-state index in [1.54, 1.807) is 18.2 Å². The summed E-state index contributed by atoms with van der Waals surface area (Å²) < 4.78 is 33.8. The van der Waals surface area contributed by atoms with Gasteiger partial charge in [0.2, 0.25) is 0 Å². The van der Waals surface area contributed by atoms with Gasteiger partial charge in [-0.3, -0.25) is 9.52 Å². The summed E-state index contributed by atoms with van der Waals surface area (Å²) in [5.74, 6) is 0.534. The van der Waals surface area contributed by atoms with E-state index in [0.717, 1.165) is 16.5 Å². The number of hydrogen-bond donors (Lipinski definition) is 2. The van der Waals surface area contributed by atoms with Gasteiger partial charge in [0.1, 0.15) is 11.6 Å². The molecule has 3 aromatic rings. The first kappa shape index (κ1) is 21.8. The Kier molecular flexibility index (Phi) is 7.07. The Bertz CT molecular complexity index is 1120. The van der Waals surface area contributed by atoms with Crippen LogP contribution in [0.15, 0.2) is 76.2 Å². The van der Waals surface area contributed by atoms with Gasteiger partial charge in [-0.05, 0) is 66.6 Å². The highest BCUT2D eigenvalue weighted by Crippen LogP contribution is 2.24. The molecule has 30 heavy (non-hydrogen) atoms. The predicted molar refractivity (Wildman–Crippen MR) is 119 cm³/mol. The van der Waals surface area contributed by atoms with E-state index in [1.807, 2.05) is 25.1 Å². The number of amides is 1. The van der Waals surface area contributed by atoms with Crippen LogP contribution in [-0.4, -0.2) is 25.9 Å². The summed E-state index contributed by atoms with van der Waals surface area (Å²) in [6.45, 7) is 1.85. The molecule has 0 radical (unpaired) electrons. The van der Waals surface area contributed by atoms with E-state index in [4.69, 9.17) is 4.74 Å². The molecular formula is C21H20BrN3O4S. The van der Waals surface area contributed by atoms with E-state index >= 15 is 0 Å². The highest BCUT2D eigenvalue weighted by Gasteiger charge is 2.15. The second-order valence-corrected chi connectivity index (χ2v) is 8.89. The van der Waals surface area contributed by atoms with Crippen molar-refractivity contribution in [3.63, 3.8) is 0 Å². The number of rotatable bonds is 8. The molecule has 0 saturated heterocycles. The van der Waals surface area contributed by atoms with Crippen molar-refractivity contribution in [1.29, 1.82) is 0 Å². The monoisotopic (exact) mass is 489 g/mol. The maximum atomic E-state index is 12.4. The Morgan fingerprint density at radius 2 is 1.87 bits per heavy atom. The molecule has 156 valence electrons. The number of benzene rings is 2. The molecule has 2 N–H and O–H groups in total. The van der Waals surface area contributed by atoms with Crippen molar-refractivity contribution >= 4 is 43.4 Å². The standard InChI is InChI=1S/C21H20BrN3O4S/c1-2-15-13-16(22)6-11-19(15)29-14-21(26)24-17-7-9-18(10-8-17)30(27,28)25-20-5-3-4-12-23-20/h3-13H,2,14H2,1H3,(H,23,25)(H,24,26). The minimum Gasteiger partial charge on any atom is -0.483 e. The van der Waals surface area contributed by atoms with Gasteiger partial charge in [0.05, 0.1) is 4.90 Å². The van der Waals surface area contributed by atoms with Gasteiger partial charge in [-0.2, -0.15) is 0 Å². The Balaban J connectivity index is 1.59. The molecule has 7 nitrogen and oxygen atoms in total. The van der Waals surface area contributed by atoms with Crippen molar-refractivity contribution in [3.8, 4) is 5.75 Å². The SMILES string of the molecule is CCc1cc(Br)ccc1OCC(=O)Nc1ccc(S(=O)(=O)Nc2ccccn2)cc1. The topological polar surface area (TPSA) is 97.4 Å². The number of nitrogens with one attached hydrogen (secondary N) is 2. The number of carbonyl (C=O) groups is 1. The number of halogens is 1. The number of pyridine rings is 1. The maximum Gasteiger partial charge on any atom is 0.263 e. The minimum absolute atomic E-state index is 0.0600. The highest BCUT2D eigenvalue weighted by molar-refractivity contribution is 9.10. The number of aryl methyl sites for hydroxylation is 1. The minimum atomic E-state index is -3.77. The molecule has 2 aromatic carbocycles. The lowest BCUT2D eigenvalue weighted by molar-refractivity contribution is -0.118. The van der Waals surface area contributed by atoms with Crippen LogP contribution in [0.25, 0.3) is 0 Å². The fourth-order valence-electron chi connectivity index (χ4n) is 2.64. The fraction of sp³-hybridized carbons (Fsp3) is 0.143. The van der Waals surface area contributed by atoms with Crippen LogP contribution in [0.3, 0.4) is 0 Å². The number of aromatic nitrogens is 1. The van der Waals surface area contributed by atoms with E-state index in [2.05, 4.69) is 31.0 Å². The quantitative estimate of drug-likeness (QED) is 0.493. The fourth-order valence-corrected chi connectivity index (χ4v) is 4.06. The molecule has 0 atom stereocenters. The summed E-state index contributed by atoms with van der Waals surface area (Å²) >= 11 is 3.41. The average molecular weight is 490 g/mol. The van der Waals surface area contributed by atoms with Crippen molar-refractivity contribution in [3.05, 3.63) is 76.9 Å². The van der Waals surface area contributed by atoms with Gasteiger partial charge in [0.15, 0.2) is 6.61 Å². The molecule has 9 heteroatoms. The Morgan fingerprint density at radius 1 is 1.10 bits per heavy atom. The van der Waals surface area contributed by atoms with Crippen molar-refractivity contribution in [2.45, 2.75) is 18.2 Å². The molecule has 0 fully saturated rings. The van der Waals surface area contributed by atoms with Crippen molar-refractivity contribution in [2.24, 2.45) is 0 Å². The first-order chi connectivity index (χ1) is 14.4. The van der Waals surface area contributed by atoms with Gasteiger partial charge < -0.3 is 10.1 Å². The van der Waals surface area contributed by atoms with Crippen LogP contribution in [0, 0.1) is 0 Å². The Morgan fingerprint density at radius 3 is 2.53 bits per heavy atom. The van der Waals surface area contributed by atoms with Crippen LogP contribution in [0.4, 0.5) is 11.5 Å². The number of sulfonamides is 1. The molecular weight excluding hydrogens is 470 g/mol. The molecule has 3 rings (SSSR count). The molecule has 1 amide bonds. The Hall–Kier alpha value is -2.91. The van der Waals surface area contributed by atoms with E-state index in [0.29, 0.717) is 11.4 Å². The smallest absolute Gasteiger partial charge is 0.263 e. The lowest BCUT2D eigenvalue weighted by Gasteiger charge is -2.12. The summed E-state index contributed by atoms with van der Waals surface area (Å²) in [7, 11) is -3.77. The molecule has 1 heterocycles. The summed E-state index contributed by atoms with van der Waals surface area (Å²) in [5.41, 5.74) is 1.46. The molecule has 0 aliphatic rings. The molecule has 0 aliphatic heterocycles. The number of nitrogens with zero attached hydrogens (tertiary/aromatic N) is 1. The molecule has 0 aliphatic carbocycles. The van der Waals surface area contributed by atoms with Gasteiger partial charge in [-0.1, -0.05) is 28.9 Å². The van der Waals surface area contributed by atoms with E-state index < -0.39 is 10.0 Å². The Labute approximate surface area is 183 Å². The van der Waals surface area contributed by atoms with Crippen LogP contribution in [-0.2, 0) is 21.2 Å². The van der Waals surface area contributed by atoms with Gasteiger partial charge >= 0.3 is 0 Å². The van der Waals surface area contributed by atoms with Crippen molar-refractivity contribution in [1.82, 2.24) is 4.98 Å². The van der Waals surface area contributed by atoms with Gasteiger partial charge in [0, 0.05) is 16.4 Å². The van der Waals surface area contributed by atoms with Gasteiger partial charge in [-0.15, -0.1) is 0 Å². The lowest BCUT2D eigenvalue weighted by Crippen LogP contribution is -2.20. The van der Waals surface area contributed by atoms with Crippen LogP contribution in [0.2, 0.25) is 0 Å². The number of carbonyl (C=O) groups excluding carboxylic acids is 1. The number of ether oxygens (including phenoxy) is 1. The summed E-state index contributed by atoms with van der Waals surface area (Å²) in [6.07, 6.45) is 2.27. The molecule has 0 saturated carbocycles. The van der Waals surface area contributed by atoms with Crippen molar-refractivity contribution in [2.75, 3.05) is 16.6 Å². The lowest BCUT2D eigenvalue weighted by atomic mass is 10.1. The zero-order valence-corrected chi connectivity index (χ0v) is 18.5. The normalized spacial score (nSPS) is 11.0. The largest absolute Gasteiger partial charge is 0.483 e. The molecule has 1 aromatic heterocycles. The van der Waals surface area contributed by atoms with Crippen LogP contribution in [0.5, 0.6) is 5.75 Å². The molecule has 0 spiro atoms. The van der Waals surface area contributed by atoms with Gasteiger partial charge in [-0.25, -0.2) is 13.4 Å². The number of anilines is 2. The first-order valence-corrected chi connectivity index (χ1v) is 11.4. The summed E-state index contributed by atoms with van der Waals surface area (Å²) in [4.78, 5) is 16.2. The molecule has 0 unspecified atom stereocenters. The second kappa shape index (κ2) is 9.73. The van der Waals surface area contributed by atoms with Crippen LogP contribution in [0.1, 0.15) is 12.5 Å². The third-order valence-corrected chi connectivity index (χ3v) is 5.98. The van der Waals surface area contributed by atoms with E-state index in [9.17, 15) is 13.2 Å². The number of hydrogen-bond acceptors (Lipinski definition) is 5. The highest BCUT2D eigenvalue weighted by atomic mass is 79.9. The average Bonchev–Trinajstić information content (AvgIpc) is 2.73. The van der Waals surface area contributed by atoms with Crippen LogP contribution < -0.4 is 14.8 Å². The first-order valence-electron chi connectivity index (χ1n) is 9.12. The molecule has 0 bridgehead atoms. The second-order valence-electron chi connectivity index (χ2n) is 6.29. The van der Waals surface area contributed by atoms with E-state index in [1.165, 1.54) is 30.5 Å². The van der Waals surface area contributed by atoms with E-state index in [-0.39, 0.29) is 23.2 Å². The predicted octanol–water partition coefficient (Wildman–Crippen LogP) is 4.22. The van der Waals surface area contributed by atoms with Crippen LogP contribution >= 0.6 is 15.9 Å². The zero-order chi connectivity index (χ0) is 21.6. The maximum absolute atomic E-state index is 12.4. The third kappa shape index (κ3) is 5.80. The summed E-state index contributed by atoms with van der Waals surface area (Å²) in [5, 5.41) is 2.69. The van der Waals surface area contributed by atoms with Gasteiger partial charge in [0.25, 0.3) is 15.9 Å². The summed E-state index contributed by atoms with van der Waals surface area (Å²) in [6, 6.07) is 16.4.